The van der Waals surface area contributed by atoms with Gasteiger partial charge in [0, 0.05) is 133 Å². The molecule has 2 unspecified atom stereocenters. The molecule has 3 N–H and O–H groups in total. The molecule has 7 heterocycles. The molecular formula is C49H64F2N12O5. The Morgan fingerprint density at radius 3 is 2.41 bits per heavy atom. The van der Waals surface area contributed by atoms with Crippen molar-refractivity contribution >= 4 is 52.4 Å². The van der Waals surface area contributed by atoms with Gasteiger partial charge in [-0.25, -0.2) is 13.6 Å². The molecule has 4 aromatic rings. The largest absolute Gasteiger partial charge is 0.343 e. The Morgan fingerprint density at radius 1 is 0.941 bits per heavy atom. The summed E-state index contributed by atoms with van der Waals surface area (Å²) in [5, 5.41) is 18.7. The molecule has 0 spiro atoms. The van der Waals surface area contributed by atoms with E-state index < -0.39 is 24.3 Å². The van der Waals surface area contributed by atoms with Gasteiger partial charge >= 0.3 is 5.69 Å². The SMILES string of the molecule is CNCC(C=N)c1cc2c(cc1C(F)F)N(c1nn(C3CCN(C(=O)CCCN4CCN(Cc5cccc6c5n(C)c(=O)n6C5CCC(=O)NC5=O)CC4)CC3)c3c1CN(C(C)=O)CC3)CCC2. The molecule has 68 heavy (non-hydrogen) atoms. The summed E-state index contributed by atoms with van der Waals surface area (Å²) >= 11 is 0. The summed E-state index contributed by atoms with van der Waals surface area (Å²) in [6, 6.07) is 8.61. The molecule has 5 aliphatic rings. The fraction of sp³-hybridized carbons (Fsp3) is 0.571. The monoisotopic (exact) mass is 939 g/mol. The van der Waals surface area contributed by atoms with Crippen LogP contribution in [0.1, 0.15) is 110 Å². The zero-order valence-electron chi connectivity index (χ0n) is 39.4. The van der Waals surface area contributed by atoms with Gasteiger partial charge in [0.15, 0.2) is 5.82 Å². The van der Waals surface area contributed by atoms with Gasteiger partial charge < -0.3 is 30.3 Å². The number of alkyl halides is 2. The highest BCUT2D eigenvalue weighted by Crippen LogP contribution is 2.43. The van der Waals surface area contributed by atoms with Crippen LogP contribution in [0.15, 0.2) is 35.1 Å². The van der Waals surface area contributed by atoms with Crippen LogP contribution in [0.5, 0.6) is 0 Å². The molecular weight excluding hydrogens is 875 g/mol. The number of halogens is 2. The molecule has 2 aromatic heterocycles. The lowest BCUT2D eigenvalue weighted by Crippen LogP contribution is -2.46. The molecule has 17 nitrogen and oxygen atoms in total. The Labute approximate surface area is 394 Å². The van der Waals surface area contributed by atoms with E-state index in [0.717, 1.165) is 92.7 Å². The van der Waals surface area contributed by atoms with Gasteiger partial charge in [-0.3, -0.25) is 43.2 Å². The number of likely N-dealkylation sites (tertiary alicyclic amines) is 1. The first-order chi connectivity index (χ1) is 32.8. The molecule has 0 bridgehead atoms. The number of hydrogen-bond acceptors (Lipinski definition) is 11. The van der Waals surface area contributed by atoms with Crippen LogP contribution in [0, 0.1) is 5.41 Å². The van der Waals surface area contributed by atoms with E-state index in [-0.39, 0.29) is 41.4 Å². The van der Waals surface area contributed by atoms with Gasteiger partial charge in [-0.15, -0.1) is 0 Å². The van der Waals surface area contributed by atoms with Gasteiger partial charge in [-0.1, -0.05) is 18.2 Å². The van der Waals surface area contributed by atoms with E-state index >= 15 is 0 Å². The Morgan fingerprint density at radius 2 is 1.71 bits per heavy atom. The molecule has 0 aliphatic carbocycles. The molecule has 9 rings (SSSR count). The Kier molecular flexibility index (Phi) is 13.9. The maximum Gasteiger partial charge on any atom is 0.329 e. The summed E-state index contributed by atoms with van der Waals surface area (Å²) in [7, 11) is 3.49. The number of carbonyl (C=O) groups is 4. The van der Waals surface area contributed by atoms with Crippen molar-refractivity contribution in [2.75, 3.05) is 77.4 Å². The molecule has 5 aliphatic heterocycles. The number of amides is 4. The zero-order valence-corrected chi connectivity index (χ0v) is 39.4. The molecule has 0 radical (unpaired) electrons. The highest BCUT2D eigenvalue weighted by molar-refractivity contribution is 6.00. The molecule has 4 amide bonds. The number of piperidine rings is 2. The minimum Gasteiger partial charge on any atom is -0.343 e. The number of nitrogens with one attached hydrogen (secondary N) is 3. The maximum atomic E-state index is 14.7. The summed E-state index contributed by atoms with van der Waals surface area (Å²) in [5.74, 6) is -0.385. The molecule has 3 saturated heterocycles. The number of likely N-dealkylation sites (N-methyl/N-ethyl adjacent to an activating group) is 1. The molecule has 3 fully saturated rings. The number of nitrogens with zero attached hydrogens (tertiary/aromatic N) is 9. The van der Waals surface area contributed by atoms with E-state index in [1.54, 1.807) is 31.7 Å². The number of benzene rings is 2. The molecule has 19 heteroatoms. The van der Waals surface area contributed by atoms with Crippen LogP contribution >= 0.6 is 0 Å². The first kappa shape index (κ1) is 47.3. The lowest BCUT2D eigenvalue weighted by atomic mass is 9.89. The van der Waals surface area contributed by atoms with Crippen LogP contribution in [0.25, 0.3) is 11.0 Å². The second kappa shape index (κ2) is 20.0. The highest BCUT2D eigenvalue weighted by Gasteiger charge is 2.36. The Balaban J connectivity index is 0.804. The highest BCUT2D eigenvalue weighted by atomic mass is 19.3. The van der Waals surface area contributed by atoms with Crippen molar-refractivity contribution in [1.82, 2.24) is 49.1 Å². The van der Waals surface area contributed by atoms with Crippen molar-refractivity contribution in [2.45, 2.75) is 102 Å². The quantitative estimate of drug-likeness (QED) is 0.123. The number of carbonyl (C=O) groups excluding carboxylic acids is 4. The molecule has 364 valence electrons. The predicted molar refractivity (Wildman–Crippen MR) is 254 cm³/mol. The van der Waals surface area contributed by atoms with Crippen molar-refractivity contribution in [1.29, 1.82) is 5.41 Å². The molecule has 2 aromatic carbocycles. The van der Waals surface area contributed by atoms with Crippen molar-refractivity contribution < 1.29 is 28.0 Å². The van der Waals surface area contributed by atoms with Crippen LogP contribution in [0.3, 0.4) is 0 Å². The van der Waals surface area contributed by atoms with Gasteiger partial charge in [0.1, 0.15) is 6.04 Å². The minimum absolute atomic E-state index is 0.0178. The minimum atomic E-state index is -2.71. The normalized spacial score (nSPS) is 20.2. The fourth-order valence-corrected chi connectivity index (χ4v) is 11.4. The van der Waals surface area contributed by atoms with Gasteiger partial charge in [0.05, 0.1) is 23.6 Å². The topological polar surface area (TPSA) is 177 Å². The van der Waals surface area contributed by atoms with E-state index in [9.17, 15) is 32.8 Å². The summed E-state index contributed by atoms with van der Waals surface area (Å²) in [6.07, 6.45) is 3.91. The average molecular weight is 939 g/mol. The number of piperazine rings is 1. The summed E-state index contributed by atoms with van der Waals surface area (Å²) in [5.41, 5.74) is 6.32. The average Bonchev–Trinajstić information content (AvgIpc) is 3.84. The van der Waals surface area contributed by atoms with Crippen LogP contribution in [-0.4, -0.2) is 141 Å². The number of rotatable bonds is 14. The third kappa shape index (κ3) is 9.23. The molecule has 0 saturated carbocycles. The number of hydrogen-bond donors (Lipinski definition) is 3. The smallest absolute Gasteiger partial charge is 0.329 e. The van der Waals surface area contributed by atoms with E-state index in [4.69, 9.17) is 10.5 Å². The number of imidazole rings is 1. The third-order valence-corrected chi connectivity index (χ3v) is 15.0. The number of aryl methyl sites for hydroxylation is 2. The van der Waals surface area contributed by atoms with Gasteiger partial charge in [0.25, 0.3) is 6.43 Å². The number of anilines is 2. The second-order valence-corrected chi connectivity index (χ2v) is 19.2. The standard InChI is InChI=1S/C49H64F2N12O5/c1-31(64)60-20-15-39-38(30-60)47(61-17-5-8-32-25-36(34(27-52)28-53-2)37(46(50)51)26-42(32)61)55-63(39)35-13-18-59(19-14-35)44(66)10-6-16-57-21-23-58(24-22-57)29-33-7-4-9-40-45(33)56(3)49(68)62(40)41-11-12-43(65)54-48(41)67/h4,7,9,25-27,34-35,41,46,52-53H,5-6,8,10-24,28-30H2,1-3H3,(H,54,65,67). The van der Waals surface area contributed by atoms with Gasteiger partial charge in [0.2, 0.25) is 23.6 Å². The van der Waals surface area contributed by atoms with Gasteiger partial charge in [-0.05, 0) is 80.9 Å². The second-order valence-electron chi connectivity index (χ2n) is 19.2. The van der Waals surface area contributed by atoms with E-state index in [1.807, 2.05) is 34.1 Å². The van der Waals surface area contributed by atoms with Crippen molar-refractivity contribution in [2.24, 2.45) is 7.05 Å². The van der Waals surface area contributed by atoms with Crippen LogP contribution < -0.4 is 21.2 Å². The van der Waals surface area contributed by atoms with Crippen molar-refractivity contribution in [3.8, 4) is 0 Å². The zero-order chi connectivity index (χ0) is 47.8. The van der Waals surface area contributed by atoms with Crippen LogP contribution in [0.4, 0.5) is 20.3 Å². The number of aromatic nitrogens is 4. The first-order valence-corrected chi connectivity index (χ1v) is 24.3. The summed E-state index contributed by atoms with van der Waals surface area (Å²) in [6.45, 7) is 9.69. The Hall–Kier alpha value is -5.79. The Bertz CT molecular complexity index is 2640. The van der Waals surface area contributed by atoms with E-state index in [0.29, 0.717) is 87.7 Å². The lowest BCUT2D eigenvalue weighted by Gasteiger charge is -2.35. The van der Waals surface area contributed by atoms with Crippen LogP contribution in [0.2, 0.25) is 0 Å². The van der Waals surface area contributed by atoms with Crippen molar-refractivity contribution in [3.05, 3.63) is 74.3 Å². The third-order valence-electron chi connectivity index (χ3n) is 15.0. The lowest BCUT2D eigenvalue weighted by molar-refractivity contribution is -0.136. The molecule has 2 atom stereocenters. The maximum absolute atomic E-state index is 14.7. The van der Waals surface area contributed by atoms with E-state index in [1.165, 1.54) is 10.8 Å². The number of para-hydroxylation sites is 1. The van der Waals surface area contributed by atoms with E-state index in [2.05, 4.69) is 30.0 Å². The van der Waals surface area contributed by atoms with Gasteiger partial charge in [-0.2, -0.15) is 5.10 Å². The first-order valence-electron chi connectivity index (χ1n) is 24.3. The van der Waals surface area contributed by atoms with Crippen LogP contribution in [-0.2, 0) is 52.2 Å². The predicted octanol–water partition coefficient (Wildman–Crippen LogP) is 4.15. The van der Waals surface area contributed by atoms with Crippen molar-refractivity contribution in [3.63, 3.8) is 0 Å². The number of fused-ring (bicyclic) bond motifs is 3. The summed E-state index contributed by atoms with van der Waals surface area (Å²) in [4.78, 5) is 74.8. The fourth-order valence-electron chi connectivity index (χ4n) is 11.4. The summed E-state index contributed by atoms with van der Waals surface area (Å²) < 4.78 is 34.7. The number of imide groups is 1.